The lowest BCUT2D eigenvalue weighted by Gasteiger charge is -2.18. The quantitative estimate of drug-likeness (QED) is 0.800. The minimum atomic E-state index is -0.107. The number of amides is 1. The van der Waals surface area contributed by atoms with Crippen molar-refractivity contribution >= 4 is 23.2 Å². The van der Waals surface area contributed by atoms with Gasteiger partial charge < -0.3 is 4.90 Å². The van der Waals surface area contributed by atoms with E-state index in [2.05, 4.69) is 0 Å². The van der Waals surface area contributed by atoms with E-state index >= 15 is 0 Å². The lowest BCUT2D eigenvalue weighted by Crippen LogP contribution is -2.26. The lowest BCUT2D eigenvalue weighted by atomic mass is 10.1. The van der Waals surface area contributed by atoms with E-state index in [1.807, 2.05) is 43.3 Å². The molecular weight excluding hydrogens is 246 g/mol. The Morgan fingerprint density at radius 3 is 2.28 bits per heavy atom. The Bertz CT molecular complexity index is 563. The molecule has 0 aliphatic rings. The van der Waals surface area contributed by atoms with Gasteiger partial charge in [0.25, 0.3) is 5.91 Å². The molecule has 0 spiro atoms. The zero-order valence-corrected chi connectivity index (χ0v) is 11.1. The van der Waals surface area contributed by atoms with E-state index < -0.39 is 0 Å². The van der Waals surface area contributed by atoms with E-state index in [9.17, 15) is 4.79 Å². The highest BCUT2D eigenvalue weighted by Gasteiger charge is 2.15. The van der Waals surface area contributed by atoms with Crippen LogP contribution in [-0.4, -0.2) is 13.0 Å². The van der Waals surface area contributed by atoms with Crippen LogP contribution in [-0.2, 0) is 0 Å². The summed E-state index contributed by atoms with van der Waals surface area (Å²) < 4.78 is 0. The maximum atomic E-state index is 12.3. The predicted octanol–water partition coefficient (Wildman–Crippen LogP) is 3.93. The van der Waals surface area contributed by atoms with Crippen molar-refractivity contribution in [2.24, 2.45) is 0 Å². The molecule has 0 fully saturated rings. The van der Waals surface area contributed by atoms with Crippen molar-refractivity contribution in [1.82, 2.24) is 0 Å². The molecule has 1 amide bonds. The van der Waals surface area contributed by atoms with Crippen molar-refractivity contribution in [2.75, 3.05) is 11.9 Å². The Morgan fingerprint density at radius 1 is 1.06 bits per heavy atom. The summed E-state index contributed by atoms with van der Waals surface area (Å²) in [4.78, 5) is 13.9. The van der Waals surface area contributed by atoms with Crippen LogP contribution in [0, 0.1) is 6.92 Å². The SMILES string of the molecule is Cc1ccc(N(C)C(=O)c2ccccc2Cl)cc1. The second-order valence-corrected chi connectivity index (χ2v) is 4.59. The molecule has 2 rings (SSSR count). The van der Waals surface area contributed by atoms with Crippen LogP contribution < -0.4 is 4.90 Å². The molecule has 0 aliphatic carbocycles. The van der Waals surface area contributed by atoms with Crippen molar-refractivity contribution in [3.8, 4) is 0 Å². The van der Waals surface area contributed by atoms with Gasteiger partial charge in [0.05, 0.1) is 10.6 Å². The number of hydrogen-bond acceptors (Lipinski definition) is 1. The first-order valence-corrected chi connectivity index (χ1v) is 6.06. The standard InChI is InChI=1S/C15H14ClNO/c1-11-7-9-12(10-8-11)17(2)15(18)13-5-3-4-6-14(13)16/h3-10H,1-2H3. The molecule has 0 bridgehead atoms. The molecule has 18 heavy (non-hydrogen) atoms. The highest BCUT2D eigenvalue weighted by molar-refractivity contribution is 6.34. The number of carbonyl (C=O) groups is 1. The van der Waals surface area contributed by atoms with Gasteiger partial charge in [-0.3, -0.25) is 4.79 Å². The second-order valence-electron chi connectivity index (χ2n) is 4.18. The van der Waals surface area contributed by atoms with Crippen molar-refractivity contribution in [3.63, 3.8) is 0 Å². The van der Waals surface area contributed by atoms with Gasteiger partial charge in [0.15, 0.2) is 0 Å². The summed E-state index contributed by atoms with van der Waals surface area (Å²) in [5.41, 5.74) is 2.53. The number of nitrogens with zero attached hydrogens (tertiary/aromatic N) is 1. The number of carbonyl (C=O) groups excluding carboxylic acids is 1. The third kappa shape index (κ3) is 2.54. The van der Waals surface area contributed by atoms with Crippen LogP contribution in [0.5, 0.6) is 0 Å². The average molecular weight is 260 g/mol. The summed E-state index contributed by atoms with van der Waals surface area (Å²) in [6, 6.07) is 14.9. The summed E-state index contributed by atoms with van der Waals surface area (Å²) in [6.07, 6.45) is 0. The van der Waals surface area contributed by atoms with E-state index in [0.717, 1.165) is 11.3 Å². The van der Waals surface area contributed by atoms with E-state index in [1.165, 1.54) is 0 Å². The second kappa shape index (κ2) is 5.23. The maximum absolute atomic E-state index is 12.3. The number of hydrogen-bond donors (Lipinski definition) is 0. The zero-order chi connectivity index (χ0) is 13.1. The average Bonchev–Trinajstić information content (AvgIpc) is 2.38. The minimum absolute atomic E-state index is 0.107. The van der Waals surface area contributed by atoms with Crippen LogP contribution in [0.3, 0.4) is 0 Å². The number of halogens is 1. The monoisotopic (exact) mass is 259 g/mol. The Balaban J connectivity index is 2.29. The Morgan fingerprint density at radius 2 is 1.67 bits per heavy atom. The zero-order valence-electron chi connectivity index (χ0n) is 10.4. The fraction of sp³-hybridized carbons (Fsp3) is 0.133. The van der Waals surface area contributed by atoms with Crippen LogP contribution in [0.2, 0.25) is 5.02 Å². The highest BCUT2D eigenvalue weighted by Crippen LogP contribution is 2.20. The molecular formula is C15H14ClNO. The van der Waals surface area contributed by atoms with Gasteiger partial charge >= 0.3 is 0 Å². The van der Waals surface area contributed by atoms with E-state index in [4.69, 9.17) is 11.6 Å². The molecule has 0 saturated heterocycles. The number of aryl methyl sites for hydroxylation is 1. The first-order chi connectivity index (χ1) is 8.59. The topological polar surface area (TPSA) is 20.3 Å². The van der Waals surface area contributed by atoms with Crippen molar-refractivity contribution in [1.29, 1.82) is 0 Å². The summed E-state index contributed by atoms with van der Waals surface area (Å²) >= 11 is 6.03. The van der Waals surface area contributed by atoms with Crippen LogP contribution in [0.4, 0.5) is 5.69 Å². The Kier molecular flexibility index (Phi) is 3.68. The number of benzene rings is 2. The molecule has 0 unspecified atom stereocenters. The Labute approximate surface area is 112 Å². The summed E-state index contributed by atoms with van der Waals surface area (Å²) in [6.45, 7) is 2.01. The fourth-order valence-corrected chi connectivity index (χ4v) is 1.92. The molecule has 0 aliphatic heterocycles. The molecule has 3 heteroatoms. The van der Waals surface area contributed by atoms with Gasteiger partial charge in [-0.25, -0.2) is 0 Å². The molecule has 0 radical (unpaired) electrons. The van der Waals surface area contributed by atoms with Crippen LogP contribution in [0.25, 0.3) is 0 Å². The van der Waals surface area contributed by atoms with Gasteiger partial charge in [-0.15, -0.1) is 0 Å². The first kappa shape index (κ1) is 12.7. The largest absolute Gasteiger partial charge is 0.311 e. The predicted molar refractivity (Wildman–Crippen MR) is 75.4 cm³/mol. The molecule has 2 aromatic rings. The van der Waals surface area contributed by atoms with Gasteiger partial charge in [0.2, 0.25) is 0 Å². The Hall–Kier alpha value is -1.80. The van der Waals surface area contributed by atoms with E-state index in [0.29, 0.717) is 10.6 Å². The van der Waals surface area contributed by atoms with Gasteiger partial charge in [-0.2, -0.15) is 0 Å². The summed E-state index contributed by atoms with van der Waals surface area (Å²) in [5, 5.41) is 0.474. The first-order valence-electron chi connectivity index (χ1n) is 5.69. The van der Waals surface area contributed by atoms with Crippen molar-refractivity contribution in [3.05, 3.63) is 64.7 Å². The molecule has 0 aromatic heterocycles. The maximum Gasteiger partial charge on any atom is 0.259 e. The normalized spacial score (nSPS) is 10.2. The van der Waals surface area contributed by atoms with Crippen molar-refractivity contribution in [2.45, 2.75) is 6.92 Å². The van der Waals surface area contributed by atoms with Crippen LogP contribution in [0.1, 0.15) is 15.9 Å². The third-order valence-corrected chi connectivity index (χ3v) is 3.16. The molecule has 2 aromatic carbocycles. The smallest absolute Gasteiger partial charge is 0.259 e. The van der Waals surface area contributed by atoms with Crippen LogP contribution in [0.15, 0.2) is 48.5 Å². The summed E-state index contributed by atoms with van der Waals surface area (Å²) in [5.74, 6) is -0.107. The number of rotatable bonds is 2. The molecule has 0 N–H and O–H groups in total. The molecule has 0 atom stereocenters. The molecule has 92 valence electrons. The van der Waals surface area contributed by atoms with Gasteiger partial charge in [-0.1, -0.05) is 41.4 Å². The summed E-state index contributed by atoms with van der Waals surface area (Å²) in [7, 11) is 1.75. The molecule has 0 saturated carbocycles. The van der Waals surface area contributed by atoms with Crippen LogP contribution >= 0.6 is 11.6 Å². The fourth-order valence-electron chi connectivity index (χ4n) is 1.70. The van der Waals surface area contributed by atoms with Crippen molar-refractivity contribution < 1.29 is 4.79 Å². The minimum Gasteiger partial charge on any atom is -0.311 e. The lowest BCUT2D eigenvalue weighted by molar-refractivity contribution is 0.0993. The van der Waals surface area contributed by atoms with E-state index in [-0.39, 0.29) is 5.91 Å². The van der Waals surface area contributed by atoms with Gasteiger partial charge in [0.1, 0.15) is 0 Å². The number of anilines is 1. The van der Waals surface area contributed by atoms with Gasteiger partial charge in [-0.05, 0) is 31.2 Å². The molecule has 2 nitrogen and oxygen atoms in total. The highest BCUT2D eigenvalue weighted by atomic mass is 35.5. The van der Waals surface area contributed by atoms with E-state index in [1.54, 1.807) is 24.1 Å². The van der Waals surface area contributed by atoms with Gasteiger partial charge in [0, 0.05) is 12.7 Å². The molecule has 0 heterocycles. The third-order valence-electron chi connectivity index (χ3n) is 2.83.